The van der Waals surface area contributed by atoms with Gasteiger partial charge in [0.15, 0.2) is 0 Å². The summed E-state index contributed by atoms with van der Waals surface area (Å²) in [6, 6.07) is 4.72. The molecule has 98 valence electrons. The molecule has 1 aliphatic rings. The van der Waals surface area contributed by atoms with Gasteiger partial charge in [0.25, 0.3) is 0 Å². The van der Waals surface area contributed by atoms with Crippen molar-refractivity contribution in [2.45, 2.75) is 26.2 Å². The minimum absolute atomic E-state index is 0.0268. The minimum atomic E-state index is -0.308. The molecule has 1 aromatic carbocycles. The summed E-state index contributed by atoms with van der Waals surface area (Å²) in [5, 5.41) is 0. The molecule has 1 aliphatic heterocycles. The Kier molecular flexibility index (Phi) is 4.38. The highest BCUT2D eigenvalue weighted by molar-refractivity contribution is 9.10. The van der Waals surface area contributed by atoms with Crippen LogP contribution in [-0.2, 0) is 11.2 Å². The molecule has 1 fully saturated rings. The number of carbonyl (C=O) groups is 1. The molecule has 2 rings (SSSR count). The molecule has 0 spiro atoms. The molecular formula is C14H17BrFNO. The van der Waals surface area contributed by atoms with Gasteiger partial charge < -0.3 is 4.90 Å². The van der Waals surface area contributed by atoms with Crippen LogP contribution in [0.1, 0.15) is 25.3 Å². The second-order valence-corrected chi connectivity index (χ2v) is 5.89. The lowest BCUT2D eigenvalue weighted by atomic mass is 9.98. The summed E-state index contributed by atoms with van der Waals surface area (Å²) in [6.07, 6.45) is 2.25. The van der Waals surface area contributed by atoms with Crippen LogP contribution in [0.15, 0.2) is 22.7 Å². The van der Waals surface area contributed by atoms with Gasteiger partial charge in [0.1, 0.15) is 5.82 Å². The molecule has 1 aromatic rings. The van der Waals surface area contributed by atoms with E-state index < -0.39 is 0 Å². The van der Waals surface area contributed by atoms with Crippen LogP contribution < -0.4 is 0 Å². The van der Waals surface area contributed by atoms with E-state index >= 15 is 0 Å². The molecule has 0 radical (unpaired) electrons. The van der Waals surface area contributed by atoms with Gasteiger partial charge in [-0.3, -0.25) is 4.79 Å². The van der Waals surface area contributed by atoms with Gasteiger partial charge in [-0.05, 0) is 42.5 Å². The molecule has 18 heavy (non-hydrogen) atoms. The lowest BCUT2D eigenvalue weighted by Gasteiger charge is -2.30. The van der Waals surface area contributed by atoms with Gasteiger partial charge in [-0.25, -0.2) is 4.39 Å². The molecule has 2 nitrogen and oxygen atoms in total. The van der Waals surface area contributed by atoms with E-state index in [0.29, 0.717) is 11.5 Å². The summed E-state index contributed by atoms with van der Waals surface area (Å²) in [6.45, 7) is 3.81. The van der Waals surface area contributed by atoms with Gasteiger partial charge in [-0.15, -0.1) is 0 Å². The zero-order valence-corrected chi connectivity index (χ0v) is 12.0. The van der Waals surface area contributed by atoms with Crippen LogP contribution >= 0.6 is 15.9 Å². The second-order valence-electron chi connectivity index (χ2n) is 4.98. The van der Waals surface area contributed by atoms with Crippen LogP contribution in [0.25, 0.3) is 0 Å². The van der Waals surface area contributed by atoms with E-state index in [1.807, 2.05) is 4.90 Å². The Labute approximate surface area is 115 Å². The van der Waals surface area contributed by atoms with Gasteiger partial charge in [-0.2, -0.15) is 0 Å². The fraction of sp³-hybridized carbons (Fsp3) is 0.500. The molecule has 0 N–H and O–H groups in total. The zero-order chi connectivity index (χ0) is 13.1. The SMILES string of the molecule is CC1CCN(C(=O)Cc2cc(Br)ccc2F)CC1. The molecule has 0 bridgehead atoms. The van der Waals surface area contributed by atoms with Crippen molar-refractivity contribution in [3.8, 4) is 0 Å². The van der Waals surface area contributed by atoms with E-state index in [1.54, 1.807) is 12.1 Å². The Hall–Kier alpha value is -0.900. The van der Waals surface area contributed by atoms with Crippen LogP contribution in [0.5, 0.6) is 0 Å². The van der Waals surface area contributed by atoms with Crippen molar-refractivity contribution in [3.05, 3.63) is 34.1 Å². The predicted octanol–water partition coefficient (Wildman–Crippen LogP) is 3.39. The summed E-state index contributed by atoms with van der Waals surface area (Å²) in [5.41, 5.74) is 0.466. The van der Waals surface area contributed by atoms with E-state index in [0.717, 1.165) is 30.4 Å². The summed E-state index contributed by atoms with van der Waals surface area (Å²) >= 11 is 3.30. The van der Waals surface area contributed by atoms with Crippen molar-refractivity contribution in [2.75, 3.05) is 13.1 Å². The number of carbonyl (C=O) groups excluding carboxylic acids is 1. The average molecular weight is 314 g/mol. The third-order valence-corrected chi connectivity index (χ3v) is 3.98. The Balaban J connectivity index is 2.00. The van der Waals surface area contributed by atoms with Gasteiger partial charge >= 0.3 is 0 Å². The predicted molar refractivity (Wildman–Crippen MR) is 72.8 cm³/mol. The molecule has 1 saturated heterocycles. The standard InChI is InChI=1S/C14H17BrFNO/c1-10-4-6-17(7-5-10)14(18)9-11-8-12(15)2-3-13(11)16/h2-3,8,10H,4-7,9H2,1H3. The number of halogens is 2. The summed E-state index contributed by atoms with van der Waals surface area (Å²) in [5.74, 6) is 0.410. The minimum Gasteiger partial charge on any atom is -0.342 e. The molecule has 0 aliphatic carbocycles. The highest BCUT2D eigenvalue weighted by atomic mass is 79.9. The van der Waals surface area contributed by atoms with Crippen LogP contribution in [0.3, 0.4) is 0 Å². The number of nitrogens with zero attached hydrogens (tertiary/aromatic N) is 1. The van der Waals surface area contributed by atoms with Gasteiger partial charge in [0.2, 0.25) is 5.91 Å². The van der Waals surface area contributed by atoms with E-state index in [1.165, 1.54) is 6.07 Å². The quantitative estimate of drug-likeness (QED) is 0.819. The Morgan fingerprint density at radius 2 is 2.11 bits per heavy atom. The molecular weight excluding hydrogens is 297 g/mol. The lowest BCUT2D eigenvalue weighted by molar-refractivity contribution is -0.131. The van der Waals surface area contributed by atoms with Crippen LogP contribution in [0.4, 0.5) is 4.39 Å². The van der Waals surface area contributed by atoms with E-state index in [9.17, 15) is 9.18 Å². The number of amides is 1. The number of likely N-dealkylation sites (tertiary alicyclic amines) is 1. The van der Waals surface area contributed by atoms with E-state index in [4.69, 9.17) is 0 Å². The van der Waals surface area contributed by atoms with Crippen molar-refractivity contribution < 1.29 is 9.18 Å². The third-order valence-electron chi connectivity index (χ3n) is 3.49. The van der Waals surface area contributed by atoms with Crippen LogP contribution in [0, 0.1) is 11.7 Å². The largest absolute Gasteiger partial charge is 0.342 e. The van der Waals surface area contributed by atoms with Crippen LogP contribution in [0.2, 0.25) is 0 Å². The molecule has 4 heteroatoms. The molecule has 0 unspecified atom stereocenters. The fourth-order valence-electron chi connectivity index (χ4n) is 2.21. The third kappa shape index (κ3) is 3.31. The van der Waals surface area contributed by atoms with E-state index in [-0.39, 0.29) is 18.1 Å². The zero-order valence-electron chi connectivity index (χ0n) is 10.5. The van der Waals surface area contributed by atoms with Crippen molar-refractivity contribution in [3.63, 3.8) is 0 Å². The van der Waals surface area contributed by atoms with Gasteiger partial charge in [-0.1, -0.05) is 22.9 Å². The van der Waals surface area contributed by atoms with Gasteiger partial charge in [0, 0.05) is 17.6 Å². The molecule has 1 heterocycles. The first kappa shape index (κ1) is 13.5. The molecule has 0 aromatic heterocycles. The maximum atomic E-state index is 13.6. The number of benzene rings is 1. The van der Waals surface area contributed by atoms with Crippen molar-refractivity contribution >= 4 is 21.8 Å². The Morgan fingerprint density at radius 3 is 2.78 bits per heavy atom. The topological polar surface area (TPSA) is 20.3 Å². The summed E-state index contributed by atoms with van der Waals surface area (Å²) in [4.78, 5) is 13.9. The molecule has 1 amide bonds. The smallest absolute Gasteiger partial charge is 0.227 e. The molecule has 0 atom stereocenters. The Morgan fingerprint density at radius 1 is 1.44 bits per heavy atom. The number of hydrogen-bond acceptors (Lipinski definition) is 1. The first-order valence-electron chi connectivity index (χ1n) is 6.28. The van der Waals surface area contributed by atoms with Crippen molar-refractivity contribution in [1.82, 2.24) is 4.90 Å². The van der Waals surface area contributed by atoms with Crippen molar-refractivity contribution in [1.29, 1.82) is 0 Å². The number of rotatable bonds is 2. The second kappa shape index (κ2) is 5.83. The van der Waals surface area contributed by atoms with Gasteiger partial charge in [0.05, 0.1) is 6.42 Å². The summed E-state index contributed by atoms with van der Waals surface area (Å²) in [7, 11) is 0. The summed E-state index contributed by atoms with van der Waals surface area (Å²) < 4.78 is 14.4. The maximum Gasteiger partial charge on any atom is 0.227 e. The lowest BCUT2D eigenvalue weighted by Crippen LogP contribution is -2.38. The maximum absolute atomic E-state index is 13.6. The normalized spacial score (nSPS) is 16.9. The number of piperidine rings is 1. The highest BCUT2D eigenvalue weighted by Gasteiger charge is 2.21. The first-order chi connectivity index (χ1) is 8.56. The average Bonchev–Trinajstić information content (AvgIpc) is 2.34. The van der Waals surface area contributed by atoms with E-state index in [2.05, 4.69) is 22.9 Å². The van der Waals surface area contributed by atoms with Crippen LogP contribution in [-0.4, -0.2) is 23.9 Å². The first-order valence-corrected chi connectivity index (χ1v) is 7.07. The fourth-order valence-corrected chi connectivity index (χ4v) is 2.62. The Bertz CT molecular complexity index is 441. The van der Waals surface area contributed by atoms with Crippen molar-refractivity contribution in [2.24, 2.45) is 5.92 Å². The highest BCUT2D eigenvalue weighted by Crippen LogP contribution is 2.19. The monoisotopic (exact) mass is 313 g/mol. The number of hydrogen-bond donors (Lipinski definition) is 0. The molecule has 0 saturated carbocycles.